The number of thiophene rings is 1. The number of aliphatic carboxylic acids is 5. The van der Waals surface area contributed by atoms with Crippen LogP contribution in [0, 0.1) is 18.8 Å². The third-order valence-electron chi connectivity index (χ3n) is 23.3. The Morgan fingerprint density at radius 1 is 0.358 bits per heavy atom. The Bertz CT molecular complexity index is 8040. The van der Waals surface area contributed by atoms with Gasteiger partial charge in [-0.3, -0.25) is 38.7 Å². The number of halogens is 2. The van der Waals surface area contributed by atoms with Crippen LogP contribution in [-0.4, -0.2) is 86.2 Å². The lowest BCUT2D eigenvalue weighted by Gasteiger charge is -2.12. The number of nitrogens with zero attached hydrogens (tertiary/aromatic N) is 5. The molecule has 0 unspecified atom stereocenters. The molecular formula is C114H97F2N11O20S. The molecule has 748 valence electrons. The molecule has 0 fully saturated rings. The molecule has 0 aliphatic heterocycles. The average molecular weight is 2010 g/mol. The van der Waals surface area contributed by atoms with Crippen LogP contribution in [0.25, 0.3) is 111 Å². The number of para-hydroxylation sites is 4. The summed E-state index contributed by atoms with van der Waals surface area (Å²) >= 11 is 1.28. The summed E-state index contributed by atoms with van der Waals surface area (Å²) in [6.45, 7) is 4.27. The van der Waals surface area contributed by atoms with E-state index in [1.807, 2.05) is 128 Å². The first-order valence-corrected chi connectivity index (χ1v) is 47.2. The number of carboxylic acid groups (broad SMARTS) is 5. The van der Waals surface area contributed by atoms with Gasteiger partial charge in [0.2, 0.25) is 0 Å². The van der Waals surface area contributed by atoms with E-state index in [1.165, 1.54) is 23.7 Å². The van der Waals surface area contributed by atoms with Gasteiger partial charge in [-0.15, -0.1) is 11.3 Å². The van der Waals surface area contributed by atoms with E-state index in [2.05, 4.69) is 30.2 Å². The molecule has 0 saturated carbocycles. The summed E-state index contributed by atoms with van der Waals surface area (Å²) in [5.74, 6) is -2.56. The molecule has 20 rings (SSSR count). The Balaban J connectivity index is 0.000000132. The largest absolute Gasteiger partial charge is 0.489 e. The van der Waals surface area contributed by atoms with Gasteiger partial charge in [-0.05, 0) is 173 Å². The van der Waals surface area contributed by atoms with E-state index in [-0.39, 0.29) is 64.2 Å². The van der Waals surface area contributed by atoms with Gasteiger partial charge in [0.1, 0.15) is 94.6 Å². The Hall–Kier alpha value is -18.2. The molecule has 16 N–H and O–H groups in total. The van der Waals surface area contributed by atoms with Gasteiger partial charge in [0, 0.05) is 146 Å². The van der Waals surface area contributed by atoms with Crippen molar-refractivity contribution in [1.29, 1.82) is 0 Å². The first-order chi connectivity index (χ1) is 71.8. The van der Waals surface area contributed by atoms with Crippen molar-refractivity contribution in [1.82, 2.24) is 24.9 Å². The van der Waals surface area contributed by atoms with Crippen LogP contribution in [-0.2, 0) is 115 Å². The number of ether oxygens (including phenoxy) is 4. The van der Waals surface area contributed by atoms with Gasteiger partial charge >= 0.3 is 29.8 Å². The zero-order valence-electron chi connectivity index (χ0n) is 79.4. The molecule has 0 aliphatic rings. The van der Waals surface area contributed by atoms with Crippen molar-refractivity contribution in [3.63, 3.8) is 0 Å². The molecule has 11 heterocycles. The van der Waals surface area contributed by atoms with E-state index in [0.29, 0.717) is 161 Å². The Kier molecular flexibility index (Phi) is 33.5. The number of hydrogen-bond donors (Lipinski definition) is 11. The molecule has 34 heteroatoms. The van der Waals surface area contributed by atoms with Crippen LogP contribution in [0.4, 0.5) is 14.5 Å². The van der Waals surface area contributed by atoms with E-state index in [4.69, 9.17) is 95.2 Å². The fourth-order valence-corrected chi connectivity index (χ4v) is 17.3. The molecule has 9 aromatic carbocycles. The molecule has 0 spiro atoms. The number of carbonyl (C=O) groups excluding carboxylic acids is 1. The van der Waals surface area contributed by atoms with Crippen LogP contribution >= 0.6 is 11.3 Å². The SMILES string of the molecule is Cc1cc2cc(COc3ccccc3CC(=O)O)cc(-c3ccnc(CN)c3)c2o1.NCc1cc(-c2cc(COc3ccccc3CC(=O)O)nc3ccoc23)ccn1.NCc1cccc(-c2cc(COc3ccccc3CC(=O)O)cc3cc(F)oc23)c1.NCc1cccc(-c2cc(COc3ccccc3CC(=O)O)nc3ccoc23)c1F.NCc1cccc(-c2nc(C(=O)Nc3ccsc3CC(=O)O)cc3ccoc23)c1. The monoisotopic (exact) mass is 2010 g/mol. The lowest BCUT2D eigenvalue weighted by molar-refractivity contribution is -0.137. The van der Waals surface area contributed by atoms with Crippen LogP contribution in [0.15, 0.2) is 326 Å². The minimum atomic E-state index is -0.956. The lowest BCUT2D eigenvalue weighted by atomic mass is 9.99. The number of amides is 1. The number of rotatable bonds is 34. The smallest absolute Gasteiger partial charge is 0.308 e. The van der Waals surface area contributed by atoms with Crippen LogP contribution in [0.5, 0.6) is 23.0 Å². The number of benzene rings is 9. The van der Waals surface area contributed by atoms with Crippen molar-refractivity contribution in [3.05, 3.63) is 404 Å². The first-order valence-electron chi connectivity index (χ1n) is 46.4. The number of carbonyl (C=O) groups is 6. The van der Waals surface area contributed by atoms with E-state index in [0.717, 1.165) is 94.7 Å². The molecule has 0 bridgehead atoms. The summed E-state index contributed by atoms with van der Waals surface area (Å²) in [5, 5.41) is 52.3. The van der Waals surface area contributed by atoms with E-state index < -0.39 is 47.6 Å². The maximum Gasteiger partial charge on any atom is 0.308 e. The van der Waals surface area contributed by atoms with Crippen molar-refractivity contribution >= 4 is 108 Å². The number of anilines is 1. The molecule has 11 aromatic heterocycles. The zero-order chi connectivity index (χ0) is 104. The predicted molar refractivity (Wildman–Crippen MR) is 553 cm³/mol. The summed E-state index contributed by atoms with van der Waals surface area (Å²) < 4.78 is 80.4. The molecule has 20 aromatic rings. The normalized spacial score (nSPS) is 11.0. The second kappa shape index (κ2) is 48.3. The van der Waals surface area contributed by atoms with Gasteiger partial charge in [-0.2, -0.15) is 4.39 Å². The van der Waals surface area contributed by atoms with Crippen molar-refractivity contribution in [2.75, 3.05) is 5.32 Å². The molecule has 0 atom stereocenters. The Morgan fingerprint density at radius 3 is 1.30 bits per heavy atom. The van der Waals surface area contributed by atoms with E-state index in [1.54, 1.807) is 170 Å². The number of hydrogen-bond acceptors (Lipinski definition) is 26. The van der Waals surface area contributed by atoms with Crippen molar-refractivity contribution < 1.29 is 104 Å². The lowest BCUT2D eigenvalue weighted by Crippen LogP contribution is -2.15. The van der Waals surface area contributed by atoms with Gasteiger partial charge in [0.05, 0.1) is 79.4 Å². The second-order valence-electron chi connectivity index (χ2n) is 33.7. The minimum absolute atomic E-state index is 0.0831. The number of nitrogens with two attached hydrogens (primary N) is 5. The summed E-state index contributed by atoms with van der Waals surface area (Å²) in [6.07, 6.45) is 7.49. The molecule has 0 radical (unpaired) electrons. The Morgan fingerprint density at radius 2 is 0.797 bits per heavy atom. The van der Waals surface area contributed by atoms with Crippen LogP contribution in [0.1, 0.15) is 94.0 Å². The number of aryl methyl sites for hydroxylation is 1. The average Bonchev–Trinajstić information content (AvgIpc) is 1.75. The number of pyridine rings is 5. The Labute approximate surface area is 847 Å². The van der Waals surface area contributed by atoms with Gasteiger partial charge in [-0.1, -0.05) is 127 Å². The second-order valence-corrected chi connectivity index (χ2v) is 34.7. The number of nitrogens with one attached hydrogen (secondary N) is 1. The quantitative estimate of drug-likeness (QED) is 0.0178. The summed E-state index contributed by atoms with van der Waals surface area (Å²) in [5.41, 5.74) is 50.5. The van der Waals surface area contributed by atoms with Gasteiger partial charge in [0.25, 0.3) is 11.9 Å². The number of carboxylic acids is 5. The molecular weight excluding hydrogens is 1910 g/mol. The highest BCUT2D eigenvalue weighted by atomic mass is 32.1. The fourth-order valence-electron chi connectivity index (χ4n) is 16.5. The molecule has 0 saturated heterocycles. The van der Waals surface area contributed by atoms with Gasteiger partial charge in [-0.25, -0.2) is 19.3 Å². The number of furan rings is 5. The van der Waals surface area contributed by atoms with Crippen LogP contribution in [0.2, 0.25) is 0 Å². The summed E-state index contributed by atoms with van der Waals surface area (Å²) in [6, 6.07) is 78.9. The number of fused-ring (bicyclic) bond motifs is 5. The molecule has 1 amide bonds. The van der Waals surface area contributed by atoms with Crippen molar-refractivity contribution in [2.24, 2.45) is 28.7 Å². The van der Waals surface area contributed by atoms with E-state index in [9.17, 15) is 37.5 Å². The third-order valence-corrected chi connectivity index (χ3v) is 24.2. The van der Waals surface area contributed by atoms with Crippen LogP contribution in [0.3, 0.4) is 0 Å². The van der Waals surface area contributed by atoms with Crippen molar-refractivity contribution in [3.8, 4) is 78.8 Å². The maximum absolute atomic E-state index is 14.9. The number of aromatic nitrogens is 5. The highest BCUT2D eigenvalue weighted by molar-refractivity contribution is 7.10. The zero-order valence-corrected chi connectivity index (χ0v) is 80.2. The minimum Gasteiger partial charge on any atom is -0.489 e. The predicted octanol–water partition coefficient (Wildman–Crippen LogP) is 21.1. The van der Waals surface area contributed by atoms with Gasteiger partial charge < -0.3 is 101 Å². The van der Waals surface area contributed by atoms with Gasteiger partial charge in [0.15, 0.2) is 16.7 Å². The molecule has 31 nitrogen and oxygen atoms in total. The maximum atomic E-state index is 14.9. The molecule has 148 heavy (non-hydrogen) atoms. The third kappa shape index (κ3) is 25.9. The fraction of sp³-hybridized carbons (Fsp3) is 0.132. The highest BCUT2D eigenvalue weighted by Gasteiger charge is 2.25. The highest BCUT2D eigenvalue weighted by Crippen LogP contribution is 2.40. The summed E-state index contributed by atoms with van der Waals surface area (Å²) in [4.78, 5) is 90.9. The topological polar surface area (TPSA) is 513 Å². The standard InChI is InChI=1S/C24H20FNO4.C24H22N2O4.C23H19FN2O4.C22H19N3O4.C21H17N3O4S/c25-22-11-19-9-16(14-29-21-7-2-1-5-18(21)12-23(27)28)10-20(24(19)30-22)17-6-3-4-15(8-17)13-26;1-15-8-19-9-16(14-29-22-5-3-2-4-18(22)12-23(27)28)10-21(24(19)30-15)17-6-7-26-20(11-17)13-25;24-22-15(12-25)5-3-6-17(22)18-11-16(26-19-8-9-29-23(18)19)13-30-20-7-2-1-4-14(20)10-21(27)28;23-12-16-9-14(5-7-24-16)18-11-17(25-19-6-8-28-22(18)19)13-29-20-4-2-1-3-15(20)10-21(26)27;22-11-12-2-1-3-13(8-12)19-20-14(4-6-28-20)9-16(23-19)21(27)24-15-5-7-29-17(15)10-18(25)26/h1-11H,12-14,26H2,(H,27,28);2-11H,12-14,25H2,1H3,(H,27,28);1-9,11H,10,12-13,25H2,(H,27,28);1-9,11H,10,12-13,23H2,(H,26,27);1-9H,10-11,22H2,(H,24,27)(H,25,26). The van der Waals surface area contributed by atoms with Crippen molar-refractivity contribution in [2.45, 2.75) is 98.2 Å². The molecule has 0 aliphatic carbocycles. The van der Waals surface area contributed by atoms with Crippen LogP contribution < -0.4 is 52.9 Å². The first kappa shape index (κ1) is 103. The van der Waals surface area contributed by atoms with E-state index >= 15 is 0 Å². The summed E-state index contributed by atoms with van der Waals surface area (Å²) in [7, 11) is 0.